The Bertz CT molecular complexity index is 517. The minimum Gasteiger partial charge on any atom is -0.479 e. The van der Waals surface area contributed by atoms with Crippen LogP contribution in [0.4, 0.5) is 0 Å². The first kappa shape index (κ1) is 18.9. The molecule has 5 atom stereocenters. The largest absolute Gasteiger partial charge is 0.479 e. The van der Waals surface area contributed by atoms with Gasteiger partial charge in [-0.05, 0) is 19.9 Å². The number of carbonyl (C=O) groups excluding carboxylic acids is 1. The Balaban J connectivity index is 3.20. The Labute approximate surface area is 134 Å². The summed E-state index contributed by atoms with van der Waals surface area (Å²) in [6.45, 7) is 4.37. The van der Waals surface area contributed by atoms with Crippen molar-refractivity contribution >= 4 is 17.7 Å². The van der Waals surface area contributed by atoms with E-state index in [1.54, 1.807) is 14.0 Å². The van der Waals surface area contributed by atoms with Crippen molar-refractivity contribution in [3.8, 4) is 0 Å². The maximum absolute atomic E-state index is 11.4. The molecule has 1 rings (SSSR count). The molecule has 1 unspecified atom stereocenters. The zero-order chi connectivity index (χ0) is 17.7. The Kier molecular flexibility index (Phi) is 6.52. The van der Waals surface area contributed by atoms with Gasteiger partial charge in [0.25, 0.3) is 0 Å². The maximum atomic E-state index is 11.4. The summed E-state index contributed by atoms with van der Waals surface area (Å²) in [7, 11) is 1.55. The van der Waals surface area contributed by atoms with Crippen molar-refractivity contribution in [2.75, 3.05) is 7.05 Å². The average Bonchev–Trinajstić information content (AvgIpc) is 2.45. The predicted molar refractivity (Wildman–Crippen MR) is 81.8 cm³/mol. The van der Waals surface area contributed by atoms with Crippen molar-refractivity contribution in [3.63, 3.8) is 0 Å². The molecule has 0 aromatic heterocycles. The van der Waals surface area contributed by atoms with Gasteiger partial charge >= 0.3 is 5.97 Å². The molecule has 0 saturated heterocycles. The summed E-state index contributed by atoms with van der Waals surface area (Å²) in [6, 6.07) is -1.72. The Morgan fingerprint density at radius 2 is 2.00 bits per heavy atom. The summed E-state index contributed by atoms with van der Waals surface area (Å²) in [5, 5.41) is 34.7. The molecule has 130 valence electrons. The summed E-state index contributed by atoms with van der Waals surface area (Å²) in [4.78, 5) is 26.4. The number of amides is 1. The Hall–Kier alpha value is -2.13. The number of carboxylic acids is 1. The maximum Gasteiger partial charge on any atom is 0.370 e. The summed E-state index contributed by atoms with van der Waals surface area (Å²) in [5.41, 5.74) is 0. The van der Waals surface area contributed by atoms with Gasteiger partial charge in [-0.15, -0.1) is 0 Å². The first-order valence-corrected chi connectivity index (χ1v) is 7.12. The molecule has 0 saturated carbocycles. The van der Waals surface area contributed by atoms with Crippen molar-refractivity contribution in [2.45, 2.75) is 51.2 Å². The Morgan fingerprint density at radius 3 is 2.43 bits per heavy atom. The molecule has 0 spiro atoms. The fourth-order valence-electron chi connectivity index (χ4n) is 2.32. The van der Waals surface area contributed by atoms with Crippen LogP contribution in [0.3, 0.4) is 0 Å². The zero-order valence-corrected chi connectivity index (χ0v) is 13.5. The van der Waals surface area contributed by atoms with E-state index in [0.717, 1.165) is 6.08 Å². The molecule has 23 heavy (non-hydrogen) atoms. The van der Waals surface area contributed by atoms with Crippen molar-refractivity contribution in [1.82, 2.24) is 10.6 Å². The van der Waals surface area contributed by atoms with Crippen LogP contribution in [0.5, 0.6) is 0 Å². The number of nitrogens with zero attached hydrogens (tertiary/aromatic N) is 1. The van der Waals surface area contributed by atoms with Crippen LogP contribution in [0.15, 0.2) is 16.8 Å². The van der Waals surface area contributed by atoms with Gasteiger partial charge in [-0.1, -0.05) is 0 Å². The van der Waals surface area contributed by atoms with Crippen molar-refractivity contribution in [3.05, 3.63) is 11.8 Å². The van der Waals surface area contributed by atoms with E-state index < -0.39 is 48.0 Å². The number of nitrogens with one attached hydrogen (secondary N) is 2. The van der Waals surface area contributed by atoms with E-state index in [0.29, 0.717) is 5.84 Å². The molecule has 1 aliphatic rings. The summed E-state index contributed by atoms with van der Waals surface area (Å²) >= 11 is 0. The van der Waals surface area contributed by atoms with E-state index in [1.807, 2.05) is 0 Å². The van der Waals surface area contributed by atoms with E-state index in [4.69, 9.17) is 9.84 Å². The van der Waals surface area contributed by atoms with Crippen molar-refractivity contribution in [1.29, 1.82) is 0 Å². The van der Waals surface area contributed by atoms with Crippen LogP contribution in [-0.4, -0.2) is 70.5 Å². The number of carbonyl (C=O) groups is 2. The quantitative estimate of drug-likeness (QED) is 0.309. The molecule has 1 aliphatic heterocycles. The van der Waals surface area contributed by atoms with E-state index in [2.05, 4.69) is 15.6 Å². The van der Waals surface area contributed by atoms with E-state index >= 15 is 0 Å². The van der Waals surface area contributed by atoms with Crippen molar-refractivity contribution < 1.29 is 29.6 Å². The number of carboxylic acid groups (broad SMARTS) is 1. The highest BCUT2D eigenvalue weighted by atomic mass is 16.5. The second-order valence-electron chi connectivity index (χ2n) is 5.36. The third kappa shape index (κ3) is 4.93. The summed E-state index contributed by atoms with van der Waals surface area (Å²) < 4.78 is 5.41. The van der Waals surface area contributed by atoms with Gasteiger partial charge in [-0.3, -0.25) is 9.79 Å². The predicted octanol–water partition coefficient (Wildman–Crippen LogP) is -1.39. The molecule has 9 heteroatoms. The van der Waals surface area contributed by atoms with E-state index in [1.165, 1.54) is 13.8 Å². The highest BCUT2D eigenvalue weighted by Crippen LogP contribution is 2.23. The van der Waals surface area contributed by atoms with Gasteiger partial charge < -0.3 is 30.7 Å². The Morgan fingerprint density at radius 1 is 1.39 bits per heavy atom. The smallest absolute Gasteiger partial charge is 0.370 e. The fourth-order valence-corrected chi connectivity index (χ4v) is 2.32. The SMILES string of the molecule is CN=C(C)N[C@@H]1C([C@@H](NC(C)=O)[C@@H](C)O)OC(C(=O)O)=C[C@@H]1O. The lowest BCUT2D eigenvalue weighted by molar-refractivity contribution is -0.141. The van der Waals surface area contributed by atoms with Gasteiger partial charge in [-0.25, -0.2) is 4.79 Å². The first-order chi connectivity index (χ1) is 10.7. The molecule has 1 amide bonds. The zero-order valence-electron chi connectivity index (χ0n) is 13.5. The number of aliphatic hydroxyl groups excluding tert-OH is 2. The monoisotopic (exact) mass is 329 g/mol. The first-order valence-electron chi connectivity index (χ1n) is 7.12. The molecule has 0 aromatic carbocycles. The number of hydrogen-bond donors (Lipinski definition) is 5. The lowest BCUT2D eigenvalue weighted by Gasteiger charge is -2.40. The van der Waals surface area contributed by atoms with Crippen LogP contribution in [0.2, 0.25) is 0 Å². The van der Waals surface area contributed by atoms with Crippen LogP contribution < -0.4 is 10.6 Å². The van der Waals surface area contributed by atoms with Gasteiger partial charge in [0.15, 0.2) is 0 Å². The number of amidine groups is 1. The molecule has 0 aliphatic carbocycles. The van der Waals surface area contributed by atoms with Crippen LogP contribution in [0, 0.1) is 0 Å². The average molecular weight is 329 g/mol. The lowest BCUT2D eigenvalue weighted by atomic mass is 9.92. The second-order valence-corrected chi connectivity index (χ2v) is 5.36. The second kappa shape index (κ2) is 7.93. The van der Waals surface area contributed by atoms with Crippen LogP contribution in [0.1, 0.15) is 20.8 Å². The van der Waals surface area contributed by atoms with Gasteiger partial charge in [0, 0.05) is 14.0 Å². The third-order valence-corrected chi connectivity index (χ3v) is 3.47. The van der Waals surface area contributed by atoms with Crippen LogP contribution in [0.25, 0.3) is 0 Å². The number of aliphatic hydroxyl groups is 2. The highest BCUT2D eigenvalue weighted by molar-refractivity contribution is 5.85. The number of aliphatic imine (C=N–C) groups is 1. The number of ether oxygens (including phenoxy) is 1. The molecule has 9 nitrogen and oxygen atoms in total. The number of hydrogen-bond acceptors (Lipinski definition) is 6. The van der Waals surface area contributed by atoms with Crippen molar-refractivity contribution in [2.24, 2.45) is 4.99 Å². The standard InChI is InChI=1S/C14H23N3O6/c1-6(18)11(17-8(3)19)13-12(16-7(2)15-4)9(20)5-10(23-13)14(21)22/h5-6,9,11-13,18,20H,1-4H3,(H,15,16)(H,17,19)(H,21,22)/t6-,9+,11+,12+,13?/m1/s1. The lowest BCUT2D eigenvalue weighted by Crippen LogP contribution is -2.63. The molecule has 5 N–H and O–H groups in total. The minimum absolute atomic E-state index is 0.417. The number of rotatable bonds is 5. The van der Waals surface area contributed by atoms with E-state index in [-0.39, 0.29) is 0 Å². The summed E-state index contributed by atoms with van der Waals surface area (Å²) in [6.07, 6.45) is -2.19. The normalized spacial score (nSPS) is 27.3. The minimum atomic E-state index is -1.35. The molecule has 1 heterocycles. The fraction of sp³-hybridized carbons (Fsp3) is 0.643. The van der Waals surface area contributed by atoms with Crippen LogP contribution >= 0.6 is 0 Å². The van der Waals surface area contributed by atoms with Crippen LogP contribution in [-0.2, 0) is 14.3 Å². The molecule has 0 aromatic rings. The third-order valence-electron chi connectivity index (χ3n) is 3.47. The molecule has 0 bridgehead atoms. The van der Waals surface area contributed by atoms with Gasteiger partial charge in [-0.2, -0.15) is 0 Å². The van der Waals surface area contributed by atoms with E-state index in [9.17, 15) is 19.8 Å². The van der Waals surface area contributed by atoms with Gasteiger partial charge in [0.05, 0.1) is 24.0 Å². The molecular weight excluding hydrogens is 306 g/mol. The number of aliphatic carboxylic acids is 1. The van der Waals surface area contributed by atoms with Gasteiger partial charge in [0.2, 0.25) is 11.7 Å². The van der Waals surface area contributed by atoms with Gasteiger partial charge in [0.1, 0.15) is 12.2 Å². The molecular formula is C14H23N3O6. The highest BCUT2D eigenvalue weighted by Gasteiger charge is 2.43. The molecule has 0 fully saturated rings. The molecule has 0 radical (unpaired) electrons. The summed E-state index contributed by atoms with van der Waals surface area (Å²) in [5.74, 6) is -1.72. The topological polar surface area (TPSA) is 140 Å².